The number of aromatic nitrogens is 2. The molecule has 0 radical (unpaired) electrons. The van der Waals surface area contributed by atoms with Crippen LogP contribution >= 0.6 is 15.9 Å². The molecule has 1 aromatic carbocycles. The van der Waals surface area contributed by atoms with E-state index in [1.165, 1.54) is 11.1 Å². The second kappa shape index (κ2) is 6.92. The molecular weight excluding hydrogens is 350 g/mol. The minimum Gasteiger partial charge on any atom is -0.358 e. The predicted molar refractivity (Wildman–Crippen MR) is 97.6 cm³/mol. The highest BCUT2D eigenvalue weighted by Gasteiger charge is 2.16. The number of nitrogens with one attached hydrogen (secondary N) is 1. The first-order chi connectivity index (χ1) is 11.1. The summed E-state index contributed by atoms with van der Waals surface area (Å²) in [4.78, 5) is 9.12. The van der Waals surface area contributed by atoms with Gasteiger partial charge in [0.1, 0.15) is 5.82 Å². The Morgan fingerprint density at radius 2 is 1.87 bits per heavy atom. The van der Waals surface area contributed by atoms with Gasteiger partial charge in [0, 0.05) is 10.7 Å². The lowest BCUT2D eigenvalue weighted by molar-refractivity contribution is 0.874. The molecule has 2 heterocycles. The molecule has 23 heavy (non-hydrogen) atoms. The fraction of sp³-hybridized carbons (Fsp3) is 0.158. The van der Waals surface area contributed by atoms with Crippen LogP contribution in [0.1, 0.15) is 28.6 Å². The Kier molecular flexibility index (Phi) is 4.72. The van der Waals surface area contributed by atoms with Gasteiger partial charge in [-0.05, 0) is 59.6 Å². The first-order valence-electron chi connectivity index (χ1n) is 7.50. The zero-order valence-corrected chi connectivity index (χ0v) is 14.7. The Labute approximate surface area is 144 Å². The van der Waals surface area contributed by atoms with Crippen LogP contribution in [-0.4, -0.2) is 9.97 Å². The molecule has 0 aliphatic heterocycles. The lowest BCUT2D eigenvalue weighted by Gasteiger charge is -2.20. The highest BCUT2D eigenvalue weighted by Crippen LogP contribution is 2.26. The van der Waals surface area contributed by atoms with E-state index in [0.717, 1.165) is 21.7 Å². The van der Waals surface area contributed by atoms with E-state index in [1.807, 2.05) is 43.5 Å². The lowest BCUT2D eigenvalue weighted by Crippen LogP contribution is -2.15. The normalized spacial score (nSPS) is 12.0. The Hall–Kier alpha value is -2.20. The Morgan fingerprint density at radius 1 is 1.00 bits per heavy atom. The van der Waals surface area contributed by atoms with Crippen LogP contribution < -0.4 is 5.32 Å². The van der Waals surface area contributed by atoms with Gasteiger partial charge >= 0.3 is 0 Å². The Bertz CT molecular complexity index is 803. The molecule has 2 aromatic heterocycles. The van der Waals surface area contributed by atoms with Crippen LogP contribution in [-0.2, 0) is 0 Å². The first kappa shape index (κ1) is 15.7. The number of hydrogen-bond donors (Lipinski definition) is 1. The maximum Gasteiger partial charge on any atom is 0.127 e. The fourth-order valence-electron chi connectivity index (χ4n) is 2.50. The van der Waals surface area contributed by atoms with E-state index < -0.39 is 0 Å². The standard InChI is InChI=1S/C19H18BrN3/c1-13-6-5-7-15(12-13)19(17-8-3-4-11-21-17)23-18-10-9-16(20)14(2)22-18/h3-12,19H,1-2H3,(H,22,23). The third kappa shape index (κ3) is 3.77. The van der Waals surface area contributed by atoms with Crippen LogP contribution in [0, 0.1) is 13.8 Å². The Balaban J connectivity index is 2.00. The predicted octanol–water partition coefficient (Wildman–Crippen LogP) is 5.06. The van der Waals surface area contributed by atoms with Gasteiger partial charge in [-0.1, -0.05) is 35.9 Å². The summed E-state index contributed by atoms with van der Waals surface area (Å²) in [6.45, 7) is 4.08. The van der Waals surface area contributed by atoms with E-state index in [1.54, 1.807) is 0 Å². The van der Waals surface area contributed by atoms with Crippen molar-refractivity contribution in [3.8, 4) is 0 Å². The van der Waals surface area contributed by atoms with E-state index in [4.69, 9.17) is 0 Å². The maximum absolute atomic E-state index is 4.60. The van der Waals surface area contributed by atoms with Gasteiger partial charge in [-0.3, -0.25) is 4.98 Å². The number of rotatable bonds is 4. The summed E-state index contributed by atoms with van der Waals surface area (Å²) >= 11 is 3.49. The summed E-state index contributed by atoms with van der Waals surface area (Å²) in [5, 5.41) is 3.51. The zero-order chi connectivity index (χ0) is 16.2. The summed E-state index contributed by atoms with van der Waals surface area (Å²) < 4.78 is 1.01. The Morgan fingerprint density at radius 3 is 2.57 bits per heavy atom. The number of nitrogens with zero attached hydrogens (tertiary/aromatic N) is 2. The summed E-state index contributed by atoms with van der Waals surface area (Å²) in [6.07, 6.45) is 1.82. The van der Waals surface area contributed by atoms with Gasteiger partial charge in [-0.15, -0.1) is 0 Å². The topological polar surface area (TPSA) is 37.8 Å². The van der Waals surface area contributed by atoms with Crippen LogP contribution in [0.5, 0.6) is 0 Å². The number of anilines is 1. The van der Waals surface area contributed by atoms with E-state index in [9.17, 15) is 0 Å². The van der Waals surface area contributed by atoms with Crippen molar-refractivity contribution >= 4 is 21.7 Å². The monoisotopic (exact) mass is 367 g/mol. The fourth-order valence-corrected chi connectivity index (χ4v) is 2.72. The molecule has 0 saturated carbocycles. The van der Waals surface area contributed by atoms with Gasteiger partial charge < -0.3 is 5.32 Å². The summed E-state index contributed by atoms with van der Waals surface area (Å²) in [7, 11) is 0. The van der Waals surface area contributed by atoms with Crippen LogP contribution in [0.3, 0.4) is 0 Å². The number of pyridine rings is 2. The molecule has 0 bridgehead atoms. The van der Waals surface area contributed by atoms with Crippen molar-refractivity contribution in [2.75, 3.05) is 5.32 Å². The molecule has 0 spiro atoms. The molecule has 116 valence electrons. The van der Waals surface area contributed by atoms with Crippen LogP contribution in [0.2, 0.25) is 0 Å². The molecule has 4 heteroatoms. The maximum atomic E-state index is 4.60. The molecular formula is C19H18BrN3. The second-order valence-electron chi connectivity index (χ2n) is 5.51. The van der Waals surface area contributed by atoms with Crippen LogP contribution in [0.4, 0.5) is 5.82 Å². The van der Waals surface area contributed by atoms with E-state index in [0.29, 0.717) is 0 Å². The minimum atomic E-state index is -0.0378. The van der Waals surface area contributed by atoms with Crippen LogP contribution in [0.25, 0.3) is 0 Å². The average molecular weight is 368 g/mol. The van der Waals surface area contributed by atoms with Crippen molar-refractivity contribution in [3.63, 3.8) is 0 Å². The van der Waals surface area contributed by atoms with Gasteiger partial charge in [-0.2, -0.15) is 0 Å². The van der Waals surface area contributed by atoms with Gasteiger partial charge in [0.05, 0.1) is 17.4 Å². The molecule has 1 N–H and O–H groups in total. The average Bonchev–Trinajstić information content (AvgIpc) is 2.56. The number of aryl methyl sites for hydroxylation is 2. The molecule has 3 nitrogen and oxygen atoms in total. The van der Waals surface area contributed by atoms with Gasteiger partial charge in [0.15, 0.2) is 0 Å². The summed E-state index contributed by atoms with van der Waals surface area (Å²) in [6, 6.07) is 18.4. The zero-order valence-electron chi connectivity index (χ0n) is 13.1. The molecule has 0 aliphatic rings. The van der Waals surface area contributed by atoms with Crippen molar-refractivity contribution in [1.82, 2.24) is 9.97 Å². The highest BCUT2D eigenvalue weighted by atomic mass is 79.9. The van der Waals surface area contributed by atoms with Crippen molar-refractivity contribution in [1.29, 1.82) is 0 Å². The van der Waals surface area contributed by atoms with Crippen molar-refractivity contribution in [3.05, 3.63) is 87.8 Å². The third-order valence-electron chi connectivity index (χ3n) is 3.67. The van der Waals surface area contributed by atoms with Crippen LogP contribution in [0.15, 0.2) is 65.3 Å². The summed E-state index contributed by atoms with van der Waals surface area (Å²) in [5.41, 5.74) is 4.33. The molecule has 0 saturated heterocycles. The van der Waals surface area contributed by atoms with Crippen molar-refractivity contribution in [2.24, 2.45) is 0 Å². The molecule has 1 unspecified atom stereocenters. The molecule has 3 aromatic rings. The second-order valence-corrected chi connectivity index (χ2v) is 6.36. The number of hydrogen-bond acceptors (Lipinski definition) is 3. The van der Waals surface area contributed by atoms with Crippen molar-refractivity contribution in [2.45, 2.75) is 19.9 Å². The summed E-state index contributed by atoms with van der Waals surface area (Å²) in [5.74, 6) is 0.836. The van der Waals surface area contributed by atoms with Gasteiger partial charge in [-0.25, -0.2) is 4.98 Å². The van der Waals surface area contributed by atoms with Gasteiger partial charge in [0.2, 0.25) is 0 Å². The first-order valence-corrected chi connectivity index (χ1v) is 8.30. The molecule has 0 fully saturated rings. The molecule has 1 atom stereocenters. The smallest absolute Gasteiger partial charge is 0.127 e. The quantitative estimate of drug-likeness (QED) is 0.700. The van der Waals surface area contributed by atoms with Gasteiger partial charge in [0.25, 0.3) is 0 Å². The number of halogens is 1. The molecule has 0 aliphatic carbocycles. The SMILES string of the molecule is Cc1cccc(C(Nc2ccc(Br)c(C)n2)c2ccccn2)c1. The molecule has 3 rings (SSSR count). The van der Waals surface area contributed by atoms with E-state index in [2.05, 4.69) is 62.4 Å². The number of benzene rings is 1. The minimum absolute atomic E-state index is 0.0378. The largest absolute Gasteiger partial charge is 0.358 e. The third-order valence-corrected chi connectivity index (χ3v) is 4.51. The molecule has 0 amide bonds. The lowest BCUT2D eigenvalue weighted by atomic mass is 10.0. The van der Waals surface area contributed by atoms with E-state index in [-0.39, 0.29) is 6.04 Å². The van der Waals surface area contributed by atoms with E-state index >= 15 is 0 Å². The van der Waals surface area contributed by atoms with Crippen molar-refractivity contribution < 1.29 is 0 Å². The highest BCUT2D eigenvalue weighted by molar-refractivity contribution is 9.10.